The molecule has 23 heavy (non-hydrogen) atoms. The van der Waals surface area contributed by atoms with E-state index in [4.69, 9.17) is 17.0 Å². The van der Waals surface area contributed by atoms with Gasteiger partial charge in [0.05, 0.1) is 13.7 Å². The highest BCUT2D eigenvalue weighted by molar-refractivity contribution is 7.80. The molecule has 0 heterocycles. The van der Waals surface area contributed by atoms with Crippen LogP contribution in [0.1, 0.15) is 11.1 Å². The third kappa shape index (κ3) is 5.54. The minimum absolute atomic E-state index is 0.0667. The van der Waals surface area contributed by atoms with E-state index >= 15 is 0 Å². The molecule has 0 fully saturated rings. The Morgan fingerprint density at radius 1 is 1.09 bits per heavy atom. The smallest absolute Gasteiger partial charge is 0.169 e. The number of benzene rings is 2. The summed E-state index contributed by atoms with van der Waals surface area (Å²) in [6, 6.07) is 17.9. The summed E-state index contributed by atoms with van der Waals surface area (Å²) < 4.78 is 5.15. The second-order valence-electron chi connectivity index (χ2n) is 5.14. The molecule has 2 aromatic rings. The Kier molecular flexibility index (Phi) is 6.84. The van der Waals surface area contributed by atoms with E-state index in [1.807, 2.05) is 47.4 Å². The first-order valence-electron chi connectivity index (χ1n) is 7.53. The van der Waals surface area contributed by atoms with Crippen molar-refractivity contribution in [3.63, 3.8) is 0 Å². The quantitative estimate of drug-likeness (QED) is 0.764. The zero-order chi connectivity index (χ0) is 16.5. The molecule has 0 aliphatic carbocycles. The first-order chi connectivity index (χ1) is 11.2. The van der Waals surface area contributed by atoms with Crippen molar-refractivity contribution in [1.29, 1.82) is 0 Å². The van der Waals surface area contributed by atoms with Gasteiger partial charge in [0, 0.05) is 19.6 Å². The summed E-state index contributed by atoms with van der Waals surface area (Å²) in [5.41, 5.74) is 2.28. The first-order valence-corrected chi connectivity index (χ1v) is 7.94. The largest absolute Gasteiger partial charge is 0.497 e. The predicted octanol–water partition coefficient (Wildman–Crippen LogP) is 2.56. The monoisotopic (exact) mass is 330 g/mol. The van der Waals surface area contributed by atoms with Gasteiger partial charge in [-0.3, -0.25) is 0 Å². The molecule has 0 saturated heterocycles. The maximum Gasteiger partial charge on any atom is 0.169 e. The lowest BCUT2D eigenvalue weighted by molar-refractivity contribution is 0.245. The number of aliphatic hydroxyl groups excluding tert-OH is 1. The lowest BCUT2D eigenvalue weighted by Gasteiger charge is -2.25. The molecule has 2 N–H and O–H groups in total. The van der Waals surface area contributed by atoms with Gasteiger partial charge in [0.25, 0.3) is 0 Å². The topological polar surface area (TPSA) is 44.7 Å². The van der Waals surface area contributed by atoms with Gasteiger partial charge in [-0.15, -0.1) is 0 Å². The Balaban J connectivity index is 1.92. The number of rotatable bonds is 7. The highest BCUT2D eigenvalue weighted by atomic mass is 32.1. The number of aliphatic hydroxyl groups is 1. The molecular weight excluding hydrogens is 308 g/mol. The average Bonchev–Trinajstić information content (AvgIpc) is 2.60. The molecule has 0 bridgehead atoms. The van der Waals surface area contributed by atoms with Gasteiger partial charge in [0.2, 0.25) is 0 Å². The van der Waals surface area contributed by atoms with Crippen molar-refractivity contribution in [2.75, 3.05) is 20.3 Å². The molecule has 0 saturated carbocycles. The van der Waals surface area contributed by atoms with E-state index in [1.54, 1.807) is 7.11 Å². The van der Waals surface area contributed by atoms with E-state index in [9.17, 15) is 5.11 Å². The zero-order valence-electron chi connectivity index (χ0n) is 13.2. The van der Waals surface area contributed by atoms with Crippen LogP contribution in [0.4, 0.5) is 0 Å². The number of hydrogen-bond donors (Lipinski definition) is 2. The van der Waals surface area contributed by atoms with E-state index in [0.717, 1.165) is 16.9 Å². The van der Waals surface area contributed by atoms with Crippen molar-refractivity contribution < 1.29 is 9.84 Å². The molecule has 0 amide bonds. The van der Waals surface area contributed by atoms with Crippen molar-refractivity contribution in [3.05, 3.63) is 65.7 Å². The van der Waals surface area contributed by atoms with E-state index in [1.165, 1.54) is 0 Å². The second-order valence-corrected chi connectivity index (χ2v) is 5.52. The van der Waals surface area contributed by atoms with Crippen LogP contribution in [-0.4, -0.2) is 35.4 Å². The third-order valence-corrected chi connectivity index (χ3v) is 3.88. The third-order valence-electron chi connectivity index (χ3n) is 3.48. The Labute approximate surface area is 142 Å². The van der Waals surface area contributed by atoms with Crippen molar-refractivity contribution in [1.82, 2.24) is 10.2 Å². The predicted molar refractivity (Wildman–Crippen MR) is 96.4 cm³/mol. The SMILES string of the molecule is COc1ccc(CNC(=S)N(CCO)Cc2ccccc2)cc1. The molecule has 0 aromatic heterocycles. The van der Waals surface area contributed by atoms with Crippen LogP contribution in [0.5, 0.6) is 5.75 Å². The molecule has 0 atom stereocenters. The van der Waals surface area contributed by atoms with Crippen LogP contribution in [0.25, 0.3) is 0 Å². The number of ether oxygens (including phenoxy) is 1. The molecular formula is C18H22N2O2S. The van der Waals surface area contributed by atoms with E-state index in [0.29, 0.717) is 24.7 Å². The summed E-state index contributed by atoms with van der Waals surface area (Å²) in [5, 5.41) is 13.1. The van der Waals surface area contributed by atoms with Gasteiger partial charge in [-0.2, -0.15) is 0 Å². The van der Waals surface area contributed by atoms with Gasteiger partial charge in [-0.25, -0.2) is 0 Å². The van der Waals surface area contributed by atoms with Crippen LogP contribution >= 0.6 is 12.2 Å². The lowest BCUT2D eigenvalue weighted by atomic mass is 10.2. The maximum atomic E-state index is 9.26. The fraction of sp³-hybridized carbons (Fsp3) is 0.278. The number of thiocarbonyl (C=S) groups is 1. The van der Waals surface area contributed by atoms with Crippen LogP contribution in [0.15, 0.2) is 54.6 Å². The van der Waals surface area contributed by atoms with E-state index in [2.05, 4.69) is 17.4 Å². The fourth-order valence-corrected chi connectivity index (χ4v) is 2.44. The van der Waals surface area contributed by atoms with Crippen LogP contribution in [0.2, 0.25) is 0 Å². The molecule has 2 rings (SSSR count). The Hall–Kier alpha value is -2.11. The number of nitrogens with zero attached hydrogens (tertiary/aromatic N) is 1. The lowest BCUT2D eigenvalue weighted by Crippen LogP contribution is -2.40. The van der Waals surface area contributed by atoms with Gasteiger partial charge in [0.1, 0.15) is 5.75 Å². The Morgan fingerprint density at radius 2 is 1.78 bits per heavy atom. The normalized spacial score (nSPS) is 10.2. The van der Waals surface area contributed by atoms with E-state index < -0.39 is 0 Å². The molecule has 0 unspecified atom stereocenters. The molecule has 122 valence electrons. The molecule has 4 nitrogen and oxygen atoms in total. The first kappa shape index (κ1) is 17.2. The molecule has 2 aromatic carbocycles. The summed E-state index contributed by atoms with van der Waals surface area (Å²) in [5.74, 6) is 0.835. The molecule has 0 aliphatic heterocycles. The number of hydrogen-bond acceptors (Lipinski definition) is 3. The summed E-state index contributed by atoms with van der Waals surface area (Å²) in [6.07, 6.45) is 0. The molecule has 0 aliphatic rings. The standard InChI is InChI=1S/C18H22N2O2S/c1-22-17-9-7-15(8-10-17)13-19-18(23)20(11-12-21)14-16-5-3-2-4-6-16/h2-10,21H,11-14H2,1H3,(H,19,23). The molecule has 0 spiro atoms. The van der Waals surface area contributed by atoms with Crippen LogP contribution in [0.3, 0.4) is 0 Å². The summed E-state index contributed by atoms with van der Waals surface area (Å²) in [7, 11) is 1.65. The van der Waals surface area contributed by atoms with Gasteiger partial charge in [0.15, 0.2) is 5.11 Å². The van der Waals surface area contributed by atoms with E-state index in [-0.39, 0.29) is 6.61 Å². The zero-order valence-corrected chi connectivity index (χ0v) is 14.1. The second kappa shape index (κ2) is 9.12. The summed E-state index contributed by atoms with van der Waals surface area (Å²) in [6.45, 7) is 1.88. The van der Waals surface area contributed by atoms with Crippen LogP contribution in [0, 0.1) is 0 Å². The summed E-state index contributed by atoms with van der Waals surface area (Å²) in [4.78, 5) is 1.97. The Bertz CT molecular complexity index is 602. The maximum absolute atomic E-state index is 9.26. The summed E-state index contributed by atoms with van der Waals surface area (Å²) >= 11 is 5.47. The van der Waals surface area contributed by atoms with Crippen molar-refractivity contribution in [2.24, 2.45) is 0 Å². The number of methoxy groups -OCH3 is 1. The number of nitrogens with one attached hydrogen (secondary N) is 1. The van der Waals surface area contributed by atoms with Gasteiger partial charge in [-0.1, -0.05) is 42.5 Å². The van der Waals surface area contributed by atoms with Gasteiger partial charge >= 0.3 is 0 Å². The van der Waals surface area contributed by atoms with Crippen molar-refractivity contribution >= 4 is 17.3 Å². The molecule has 5 heteroatoms. The fourth-order valence-electron chi connectivity index (χ4n) is 2.21. The highest BCUT2D eigenvalue weighted by Gasteiger charge is 2.09. The average molecular weight is 330 g/mol. The van der Waals surface area contributed by atoms with Gasteiger partial charge < -0.3 is 20.1 Å². The minimum atomic E-state index is 0.0667. The van der Waals surface area contributed by atoms with Crippen LogP contribution < -0.4 is 10.1 Å². The molecule has 0 radical (unpaired) electrons. The van der Waals surface area contributed by atoms with Crippen LogP contribution in [-0.2, 0) is 13.1 Å². The Morgan fingerprint density at radius 3 is 2.39 bits per heavy atom. The van der Waals surface area contributed by atoms with Crippen molar-refractivity contribution in [2.45, 2.75) is 13.1 Å². The van der Waals surface area contributed by atoms with Crippen molar-refractivity contribution in [3.8, 4) is 5.75 Å². The minimum Gasteiger partial charge on any atom is -0.497 e. The highest BCUT2D eigenvalue weighted by Crippen LogP contribution is 2.11. The van der Waals surface area contributed by atoms with Gasteiger partial charge in [-0.05, 0) is 35.5 Å².